The normalized spacial score (nSPS) is 16.6. The van der Waals surface area contributed by atoms with Crippen LogP contribution in [0.15, 0.2) is 122 Å². The Kier molecular flexibility index (Phi) is 15.2. The molecule has 7 rings (SSSR count). The van der Waals surface area contributed by atoms with E-state index < -0.39 is 76.9 Å². The smallest absolute Gasteiger partial charge is 0.335 e. The first-order valence-electron chi connectivity index (χ1n) is 22.6. The Hall–Kier alpha value is -5.62. The topological polar surface area (TPSA) is 277 Å². The predicted octanol–water partition coefficient (Wildman–Crippen LogP) is 5.98. The van der Waals surface area contributed by atoms with Crippen molar-refractivity contribution in [3.63, 3.8) is 0 Å². The predicted molar refractivity (Wildman–Crippen MR) is 265 cm³/mol. The van der Waals surface area contributed by atoms with Crippen LogP contribution in [0.25, 0.3) is 27.1 Å². The summed E-state index contributed by atoms with van der Waals surface area (Å²) >= 11 is 0. The summed E-state index contributed by atoms with van der Waals surface area (Å²) in [5, 5.41) is 9.68. The number of likely N-dealkylation sites (N-methyl/N-ethyl adjacent to an activating group) is 1. The van der Waals surface area contributed by atoms with Gasteiger partial charge in [-0.2, -0.15) is 4.58 Å². The first kappa shape index (κ1) is 54.7. The van der Waals surface area contributed by atoms with Crippen molar-refractivity contribution in [1.82, 2.24) is 0 Å². The van der Waals surface area contributed by atoms with Crippen molar-refractivity contribution in [2.75, 3.05) is 37.6 Å². The maximum Gasteiger partial charge on any atom is 0.335 e. The van der Waals surface area contributed by atoms with Gasteiger partial charge in [-0.05, 0) is 131 Å². The number of carboxylic acid groups (broad SMARTS) is 1. The number of carboxylic acids is 1. The highest BCUT2D eigenvalue weighted by molar-refractivity contribution is 7.86. The van der Waals surface area contributed by atoms with Gasteiger partial charge in [0.25, 0.3) is 0 Å². The Morgan fingerprint density at radius 3 is 1.54 bits per heavy atom. The number of nitrogens with zero attached hydrogens (tertiary/aromatic N) is 2. The van der Waals surface area contributed by atoms with E-state index >= 15 is 0 Å². The van der Waals surface area contributed by atoms with Crippen LogP contribution in [0.2, 0.25) is 0 Å². The fourth-order valence-corrected chi connectivity index (χ4v) is 12.2. The van der Waals surface area contributed by atoms with Gasteiger partial charge >= 0.3 is 5.97 Å². The van der Waals surface area contributed by atoms with E-state index in [0.29, 0.717) is 45.0 Å². The highest BCUT2D eigenvalue weighted by atomic mass is 32.2. The lowest BCUT2D eigenvalue weighted by atomic mass is 9.78. The number of nitrogens with one attached hydrogen (secondary N) is 1. The van der Waals surface area contributed by atoms with Gasteiger partial charge in [-0.1, -0.05) is 44.2 Å². The molecule has 2 N–H and O–H groups in total. The lowest BCUT2D eigenvalue weighted by Crippen LogP contribution is -3.11. The number of quaternary nitrogens is 1. The van der Waals surface area contributed by atoms with E-state index in [-0.39, 0.29) is 40.2 Å². The standard InChI is InChI=1S/C44H42N2O14S4.C6H15N/c1-7-45-34-23-36(63(55,56)57)32-21-28(61(49,50)51)15-17-30(32)40(34)43(3,4)38(45)19-13-26(25-9-11-27(12-10-25)42(47)48)14-20-39-44(5,6)41-31-18-16-29(62(52,53)54)22-33(31)37(64(58,59)60)24-35(41)46(39)8-2;1-4-7(5-2)6-3/h9-24H,7-8H2,1-6H3,(H4-,47,48,49,50,51,52,53,54,55,56,57,58,59,60);4-6H2,1-3H3/p-2. The second-order valence-electron chi connectivity index (χ2n) is 18.1. The van der Waals surface area contributed by atoms with Crippen molar-refractivity contribution >= 4 is 90.6 Å². The molecule has 0 aromatic heterocycles. The van der Waals surface area contributed by atoms with Gasteiger partial charge < -0.3 is 33.1 Å². The summed E-state index contributed by atoms with van der Waals surface area (Å²) in [4.78, 5) is 12.5. The van der Waals surface area contributed by atoms with Crippen LogP contribution >= 0.6 is 0 Å². The lowest BCUT2D eigenvalue weighted by Gasteiger charge is -2.26. The number of hydrogen-bond donors (Lipinski definition) is 2. The fraction of sp³-hybridized carbons (Fsp3) is 0.320. The highest BCUT2D eigenvalue weighted by Gasteiger charge is 2.46. The fourth-order valence-electron chi connectivity index (χ4n) is 9.79. The van der Waals surface area contributed by atoms with E-state index in [1.807, 2.05) is 27.7 Å². The zero-order chi connectivity index (χ0) is 53.0. The summed E-state index contributed by atoms with van der Waals surface area (Å²) in [5.74, 6) is -1.16. The van der Waals surface area contributed by atoms with Crippen LogP contribution in [0.4, 0.5) is 11.4 Å². The van der Waals surface area contributed by atoms with Crippen molar-refractivity contribution < 1.29 is 71.3 Å². The quantitative estimate of drug-likeness (QED) is 0.0736. The molecular formula is C50H55N3O14S4-2. The summed E-state index contributed by atoms with van der Waals surface area (Å²) < 4.78 is 150. The summed E-state index contributed by atoms with van der Waals surface area (Å²) in [6.07, 6.45) is 7.06. The average Bonchev–Trinajstić information content (AvgIpc) is 3.65. The van der Waals surface area contributed by atoms with E-state index in [1.165, 1.54) is 56.0 Å². The van der Waals surface area contributed by atoms with Gasteiger partial charge in [0.05, 0.1) is 50.2 Å². The van der Waals surface area contributed by atoms with Crippen LogP contribution in [0, 0.1) is 0 Å². The third kappa shape index (κ3) is 10.5. The molecule has 5 aromatic rings. The van der Waals surface area contributed by atoms with Gasteiger partial charge in [0.15, 0.2) is 5.71 Å². The molecule has 2 aliphatic heterocycles. The number of anilines is 1. The molecule has 0 atom stereocenters. The molecule has 380 valence electrons. The summed E-state index contributed by atoms with van der Waals surface area (Å²) in [6, 6.07) is 14.9. The van der Waals surface area contributed by atoms with Crippen molar-refractivity contribution in [3.05, 3.63) is 125 Å². The molecule has 0 saturated carbocycles. The first-order valence-corrected chi connectivity index (χ1v) is 28.3. The molecule has 0 saturated heterocycles. The minimum Gasteiger partial charge on any atom is -0.744 e. The van der Waals surface area contributed by atoms with Gasteiger partial charge in [0.1, 0.15) is 47.0 Å². The number of carbonyl (C=O) groups is 1. The monoisotopic (exact) mass is 1050 g/mol. The van der Waals surface area contributed by atoms with Gasteiger partial charge in [-0.15, -0.1) is 0 Å². The summed E-state index contributed by atoms with van der Waals surface area (Å²) in [7, 11) is -20.5. The molecule has 71 heavy (non-hydrogen) atoms. The van der Waals surface area contributed by atoms with E-state index in [2.05, 4.69) is 20.8 Å². The summed E-state index contributed by atoms with van der Waals surface area (Å²) in [6.45, 7) is 22.1. The minimum atomic E-state index is -5.20. The second-order valence-corrected chi connectivity index (χ2v) is 23.5. The molecule has 17 nitrogen and oxygen atoms in total. The van der Waals surface area contributed by atoms with Crippen LogP contribution in [0.5, 0.6) is 0 Å². The third-order valence-corrected chi connectivity index (χ3v) is 16.8. The maximum atomic E-state index is 12.7. The van der Waals surface area contributed by atoms with Gasteiger partial charge in [0.2, 0.25) is 5.69 Å². The van der Waals surface area contributed by atoms with E-state index in [1.54, 1.807) is 64.7 Å². The number of aromatic carboxylic acids is 1. The Balaban J connectivity index is 0.00000110. The maximum absolute atomic E-state index is 12.7. The molecule has 2 aliphatic rings. The molecule has 21 heteroatoms. The van der Waals surface area contributed by atoms with Gasteiger partial charge in [-0.3, -0.25) is 0 Å². The van der Waals surface area contributed by atoms with Crippen molar-refractivity contribution in [2.45, 2.75) is 92.7 Å². The number of rotatable bonds is 14. The van der Waals surface area contributed by atoms with Crippen LogP contribution in [-0.4, -0.2) is 106 Å². The molecule has 2 heterocycles. The number of benzene rings is 5. The molecular weight excluding hydrogens is 995 g/mol. The van der Waals surface area contributed by atoms with Crippen molar-refractivity contribution in [2.24, 2.45) is 0 Å². The van der Waals surface area contributed by atoms with Crippen molar-refractivity contribution in [3.8, 4) is 0 Å². The lowest BCUT2D eigenvalue weighted by molar-refractivity contribution is -0.894. The number of hydrogen-bond acceptors (Lipinski definition) is 14. The molecule has 0 unspecified atom stereocenters. The van der Waals surface area contributed by atoms with Gasteiger partial charge in [-0.25, -0.2) is 38.5 Å². The second kappa shape index (κ2) is 19.8. The Bertz CT molecular complexity index is 3590. The van der Waals surface area contributed by atoms with Crippen LogP contribution in [0.3, 0.4) is 0 Å². The Morgan fingerprint density at radius 2 is 1.11 bits per heavy atom. The average molecular weight is 1050 g/mol. The summed E-state index contributed by atoms with van der Waals surface area (Å²) in [5.41, 5.74) is 2.28. The van der Waals surface area contributed by atoms with Crippen LogP contribution < -0.4 is 9.80 Å². The molecule has 0 radical (unpaired) electrons. The largest absolute Gasteiger partial charge is 0.744 e. The van der Waals surface area contributed by atoms with Crippen LogP contribution in [0.1, 0.15) is 89.4 Å². The Morgan fingerprint density at radius 1 is 0.634 bits per heavy atom. The number of fused-ring (bicyclic) bond motifs is 6. The van der Waals surface area contributed by atoms with Gasteiger partial charge in [0, 0.05) is 51.8 Å². The Labute approximate surface area is 415 Å². The zero-order valence-corrected chi connectivity index (χ0v) is 43.8. The highest BCUT2D eigenvalue weighted by Crippen LogP contribution is 2.53. The molecule has 0 amide bonds. The SMILES string of the molecule is CCN1/C(=C/C=C(/C=C/C2=[N+](CC)c3cc(S(=O)(=O)[O-])c4cc(S(=O)(=O)[O-])ccc4c3C2(C)C)c2ccc(C(=O)O)cc2)C(C)(C)c2c1cc(S(=O)(=O)[O-])c1cc(S(=O)(=O)[O-])ccc21.CC[NH+](CC)CC. The zero-order valence-electron chi connectivity index (χ0n) is 40.6. The molecule has 0 spiro atoms. The minimum absolute atomic E-state index is 0.0155. The molecule has 0 bridgehead atoms. The van der Waals surface area contributed by atoms with Crippen molar-refractivity contribution in [1.29, 1.82) is 0 Å². The van der Waals surface area contributed by atoms with Crippen LogP contribution in [-0.2, 0) is 51.3 Å². The van der Waals surface area contributed by atoms with E-state index in [9.17, 15) is 61.8 Å². The van der Waals surface area contributed by atoms with E-state index in [4.69, 9.17) is 0 Å². The first-order chi connectivity index (χ1) is 32.9. The molecule has 0 fully saturated rings. The third-order valence-electron chi connectivity index (χ3n) is 13.3. The molecule has 5 aromatic carbocycles. The van der Waals surface area contributed by atoms with E-state index in [0.717, 1.165) is 24.3 Å². The molecule has 0 aliphatic carbocycles. The number of allylic oxidation sites excluding steroid dienone is 6.